The van der Waals surface area contributed by atoms with Crippen LogP contribution in [0.1, 0.15) is 27.9 Å². The molecule has 1 unspecified atom stereocenters. The van der Waals surface area contributed by atoms with Crippen LogP contribution >= 0.6 is 0 Å². The Labute approximate surface area is 170 Å². The van der Waals surface area contributed by atoms with Crippen LogP contribution in [0, 0.1) is 0 Å². The van der Waals surface area contributed by atoms with Gasteiger partial charge in [0, 0.05) is 23.4 Å². The number of aromatic hydroxyl groups is 1. The lowest BCUT2D eigenvalue weighted by Crippen LogP contribution is -2.23. The largest absolute Gasteiger partial charge is 0.508 e. The summed E-state index contributed by atoms with van der Waals surface area (Å²) < 4.78 is 0. The molecule has 1 atom stereocenters. The van der Waals surface area contributed by atoms with Crippen LogP contribution < -0.4 is 0 Å². The van der Waals surface area contributed by atoms with Gasteiger partial charge < -0.3 is 5.11 Å². The third-order valence-corrected chi connectivity index (χ3v) is 5.20. The minimum Gasteiger partial charge on any atom is -0.508 e. The Morgan fingerprint density at radius 2 is 1.79 bits per heavy atom. The van der Waals surface area contributed by atoms with Gasteiger partial charge in [0.25, 0.3) is 0 Å². The maximum absolute atomic E-state index is 12.7. The number of nitrogens with zero attached hydrogens (tertiary/aromatic N) is 1. The molecule has 1 N–H and O–H groups in total. The molecule has 0 aliphatic heterocycles. The van der Waals surface area contributed by atoms with Crippen LogP contribution in [-0.2, 0) is 5.41 Å². The number of phenols is 1. The zero-order valence-electron chi connectivity index (χ0n) is 15.9. The number of carbonyl (C=O) groups is 1. The van der Waals surface area contributed by atoms with E-state index in [1.165, 1.54) is 0 Å². The van der Waals surface area contributed by atoms with Gasteiger partial charge in [0.15, 0.2) is 5.78 Å². The predicted octanol–water partition coefficient (Wildman–Crippen LogP) is 5.51. The summed E-state index contributed by atoms with van der Waals surface area (Å²) in [6.45, 7) is 0. The Balaban J connectivity index is 1.72. The van der Waals surface area contributed by atoms with Gasteiger partial charge in [-0.2, -0.15) is 0 Å². The number of ketones is 1. The van der Waals surface area contributed by atoms with E-state index in [1.54, 1.807) is 24.4 Å². The van der Waals surface area contributed by atoms with Gasteiger partial charge in [-0.3, -0.25) is 9.78 Å². The fourth-order valence-electron chi connectivity index (χ4n) is 3.62. The molecule has 1 aliphatic carbocycles. The first-order chi connectivity index (χ1) is 14.2. The third-order valence-electron chi connectivity index (χ3n) is 5.20. The minimum absolute atomic E-state index is 0.0327. The van der Waals surface area contributed by atoms with Crippen molar-refractivity contribution in [3.8, 4) is 5.75 Å². The number of rotatable bonds is 5. The topological polar surface area (TPSA) is 50.2 Å². The van der Waals surface area contributed by atoms with Crippen LogP contribution in [0.5, 0.6) is 5.75 Å². The SMILES string of the molecule is O=C(C=CC1(c2ccc(O)cc2)C=CC=C(c2cccnc2)C1)c1ccccc1. The maximum Gasteiger partial charge on any atom is 0.185 e. The van der Waals surface area contributed by atoms with Gasteiger partial charge in [0.1, 0.15) is 5.75 Å². The summed E-state index contributed by atoms with van der Waals surface area (Å²) in [4.78, 5) is 16.9. The van der Waals surface area contributed by atoms with Gasteiger partial charge in [-0.05, 0) is 47.4 Å². The highest BCUT2D eigenvalue weighted by molar-refractivity contribution is 6.04. The van der Waals surface area contributed by atoms with E-state index in [4.69, 9.17) is 0 Å². The first-order valence-electron chi connectivity index (χ1n) is 9.53. The van der Waals surface area contributed by atoms with E-state index in [9.17, 15) is 9.90 Å². The number of allylic oxidation sites excluding steroid dienone is 6. The Bertz CT molecular complexity index is 1080. The molecule has 142 valence electrons. The first kappa shape index (κ1) is 18.6. The van der Waals surface area contributed by atoms with Crippen molar-refractivity contribution in [2.75, 3.05) is 0 Å². The average molecular weight is 379 g/mol. The van der Waals surface area contributed by atoms with Crippen molar-refractivity contribution >= 4 is 11.4 Å². The Kier molecular flexibility index (Phi) is 5.21. The summed E-state index contributed by atoms with van der Waals surface area (Å²) in [7, 11) is 0. The molecule has 3 heteroatoms. The van der Waals surface area contributed by atoms with Crippen LogP contribution in [0.15, 0.2) is 110 Å². The van der Waals surface area contributed by atoms with Crippen LogP contribution in [-0.4, -0.2) is 15.9 Å². The molecule has 1 aliphatic rings. The molecule has 1 heterocycles. The first-order valence-corrected chi connectivity index (χ1v) is 9.53. The zero-order valence-corrected chi connectivity index (χ0v) is 15.9. The molecule has 0 saturated carbocycles. The van der Waals surface area contributed by atoms with Crippen LogP contribution in [0.3, 0.4) is 0 Å². The van der Waals surface area contributed by atoms with E-state index in [0.717, 1.165) is 16.7 Å². The number of carbonyl (C=O) groups excluding carboxylic acids is 1. The molecular weight excluding hydrogens is 358 g/mol. The van der Waals surface area contributed by atoms with Crippen molar-refractivity contribution in [2.24, 2.45) is 0 Å². The highest BCUT2D eigenvalue weighted by atomic mass is 16.3. The molecule has 3 aromatic rings. The number of benzene rings is 2. The van der Waals surface area contributed by atoms with Gasteiger partial charge in [-0.15, -0.1) is 0 Å². The molecule has 4 rings (SSSR count). The van der Waals surface area contributed by atoms with Crippen LogP contribution in [0.25, 0.3) is 5.57 Å². The number of pyridine rings is 1. The van der Waals surface area contributed by atoms with E-state index in [1.807, 2.05) is 72.9 Å². The lowest BCUT2D eigenvalue weighted by atomic mass is 9.71. The second-order valence-corrected chi connectivity index (χ2v) is 7.12. The van der Waals surface area contributed by atoms with E-state index in [2.05, 4.69) is 17.1 Å². The summed E-state index contributed by atoms with van der Waals surface area (Å²) in [5, 5.41) is 9.73. The maximum atomic E-state index is 12.7. The van der Waals surface area contributed by atoms with E-state index < -0.39 is 5.41 Å². The predicted molar refractivity (Wildman–Crippen MR) is 116 cm³/mol. The monoisotopic (exact) mass is 379 g/mol. The summed E-state index contributed by atoms with van der Waals surface area (Å²) in [6, 6.07) is 20.4. The fraction of sp³-hybridized carbons (Fsp3) is 0.0769. The molecule has 0 saturated heterocycles. The number of hydrogen-bond acceptors (Lipinski definition) is 3. The lowest BCUT2D eigenvalue weighted by molar-refractivity contribution is 0.104. The molecule has 2 aromatic carbocycles. The molecule has 0 amide bonds. The summed E-state index contributed by atoms with van der Waals surface area (Å²) in [5.74, 6) is 0.186. The van der Waals surface area contributed by atoms with Crippen LogP contribution in [0.4, 0.5) is 0 Å². The molecule has 1 aromatic heterocycles. The van der Waals surface area contributed by atoms with Crippen LogP contribution in [0.2, 0.25) is 0 Å². The molecule has 0 fully saturated rings. The van der Waals surface area contributed by atoms with Crippen molar-refractivity contribution in [3.63, 3.8) is 0 Å². The second-order valence-electron chi connectivity index (χ2n) is 7.12. The number of aromatic nitrogens is 1. The van der Waals surface area contributed by atoms with E-state index in [-0.39, 0.29) is 11.5 Å². The van der Waals surface area contributed by atoms with Crippen molar-refractivity contribution in [3.05, 3.63) is 126 Å². The molecule has 0 radical (unpaired) electrons. The van der Waals surface area contributed by atoms with Crippen molar-refractivity contribution in [1.29, 1.82) is 0 Å². The minimum atomic E-state index is -0.488. The normalized spacial score (nSPS) is 18.6. The highest BCUT2D eigenvalue weighted by Gasteiger charge is 2.30. The van der Waals surface area contributed by atoms with Gasteiger partial charge in [0.2, 0.25) is 0 Å². The molecule has 0 spiro atoms. The van der Waals surface area contributed by atoms with Crippen molar-refractivity contribution < 1.29 is 9.90 Å². The van der Waals surface area contributed by atoms with Gasteiger partial charge >= 0.3 is 0 Å². The lowest BCUT2D eigenvalue weighted by Gasteiger charge is -2.32. The molecule has 3 nitrogen and oxygen atoms in total. The standard InChI is InChI=1S/C26H21NO2/c28-24-12-10-23(11-13-24)26(16-14-25(29)20-6-2-1-3-7-20)15-4-8-21(18-26)22-9-5-17-27-19-22/h1-17,19,28H,18H2. The van der Waals surface area contributed by atoms with Crippen molar-refractivity contribution in [1.82, 2.24) is 4.98 Å². The Morgan fingerprint density at radius 3 is 2.52 bits per heavy atom. The van der Waals surface area contributed by atoms with Gasteiger partial charge in [0.05, 0.1) is 0 Å². The quantitative estimate of drug-likeness (QED) is 0.470. The van der Waals surface area contributed by atoms with E-state index in [0.29, 0.717) is 12.0 Å². The third kappa shape index (κ3) is 4.09. The summed E-state index contributed by atoms with van der Waals surface area (Å²) >= 11 is 0. The summed E-state index contributed by atoms with van der Waals surface area (Å²) in [6.07, 6.45) is 14.1. The fourth-order valence-corrected chi connectivity index (χ4v) is 3.62. The number of hydrogen-bond donors (Lipinski definition) is 1. The van der Waals surface area contributed by atoms with Gasteiger partial charge in [-0.1, -0.05) is 72.8 Å². The van der Waals surface area contributed by atoms with E-state index >= 15 is 0 Å². The second kappa shape index (κ2) is 8.11. The Morgan fingerprint density at radius 1 is 1.00 bits per heavy atom. The summed E-state index contributed by atoms with van der Waals surface area (Å²) in [5.41, 5.74) is 3.39. The molecular formula is C26H21NO2. The molecule has 0 bridgehead atoms. The van der Waals surface area contributed by atoms with Crippen molar-refractivity contribution in [2.45, 2.75) is 11.8 Å². The smallest absolute Gasteiger partial charge is 0.185 e. The highest BCUT2D eigenvalue weighted by Crippen LogP contribution is 2.40. The number of phenolic OH excluding ortho intramolecular Hbond substituents is 1. The zero-order chi connectivity index (χ0) is 20.1. The molecule has 29 heavy (non-hydrogen) atoms. The Hall–Kier alpha value is -3.72. The van der Waals surface area contributed by atoms with Gasteiger partial charge in [-0.25, -0.2) is 0 Å². The average Bonchev–Trinajstić information content (AvgIpc) is 2.79.